The number of nitrogens with one attached hydrogen (secondary N) is 1. The number of likely N-dealkylation sites (tertiary alicyclic amines) is 1. The fourth-order valence-corrected chi connectivity index (χ4v) is 3.27. The number of benzene rings is 1. The predicted octanol–water partition coefficient (Wildman–Crippen LogP) is 2.67. The van der Waals surface area contributed by atoms with Crippen molar-refractivity contribution in [3.63, 3.8) is 0 Å². The van der Waals surface area contributed by atoms with E-state index in [2.05, 4.69) is 22.3 Å². The van der Waals surface area contributed by atoms with Gasteiger partial charge in [-0.05, 0) is 57.1 Å². The van der Waals surface area contributed by atoms with Gasteiger partial charge in [-0.2, -0.15) is 0 Å². The first-order valence-electron chi connectivity index (χ1n) is 9.28. The fraction of sp³-hybridized carbons (Fsp3) is 0.450. The quantitative estimate of drug-likeness (QED) is 0.718. The summed E-state index contributed by atoms with van der Waals surface area (Å²) in [7, 11) is 0. The second-order valence-electron chi connectivity index (χ2n) is 6.68. The molecule has 1 atom stereocenters. The molecule has 0 aliphatic carbocycles. The molecule has 7 nitrogen and oxygen atoms in total. The van der Waals surface area contributed by atoms with E-state index in [9.17, 15) is 9.59 Å². The van der Waals surface area contributed by atoms with E-state index in [4.69, 9.17) is 9.26 Å². The normalized spacial score (nSPS) is 17.0. The molecular formula is C20H25N3O4. The van der Waals surface area contributed by atoms with E-state index in [-0.39, 0.29) is 24.0 Å². The van der Waals surface area contributed by atoms with Gasteiger partial charge in [-0.25, -0.2) is 0 Å². The number of nitrogens with zero attached hydrogens (tertiary/aromatic N) is 2. The van der Waals surface area contributed by atoms with Crippen molar-refractivity contribution in [3.05, 3.63) is 47.3 Å². The molecule has 1 saturated heterocycles. The van der Waals surface area contributed by atoms with Gasteiger partial charge >= 0.3 is 0 Å². The van der Waals surface area contributed by atoms with Crippen molar-refractivity contribution in [2.75, 3.05) is 19.6 Å². The van der Waals surface area contributed by atoms with E-state index in [1.54, 1.807) is 30.3 Å². The van der Waals surface area contributed by atoms with E-state index < -0.39 is 0 Å². The van der Waals surface area contributed by atoms with Gasteiger partial charge in [0.05, 0.1) is 0 Å². The van der Waals surface area contributed by atoms with Crippen LogP contribution in [0.3, 0.4) is 0 Å². The average molecular weight is 371 g/mol. The number of carbonyl (C=O) groups excluding carboxylic acids is 2. The van der Waals surface area contributed by atoms with Gasteiger partial charge in [0.2, 0.25) is 0 Å². The molecule has 0 saturated carbocycles. The van der Waals surface area contributed by atoms with Gasteiger partial charge in [0.15, 0.2) is 17.2 Å². The average Bonchev–Trinajstić information content (AvgIpc) is 3.33. The summed E-state index contributed by atoms with van der Waals surface area (Å²) < 4.78 is 10.8. The van der Waals surface area contributed by atoms with Gasteiger partial charge < -0.3 is 14.6 Å². The zero-order valence-corrected chi connectivity index (χ0v) is 15.7. The molecule has 7 heteroatoms. The standard InChI is InChI=1S/C20H25N3O4/c1-3-23-10-4-5-16(23)12-21-20(25)19-11-18(27-22-19)13-26-17-8-6-15(7-9-17)14(2)24/h6-9,11,16H,3-5,10,12-13H2,1-2H3,(H,21,25). The number of rotatable bonds is 8. The maximum Gasteiger partial charge on any atom is 0.273 e. The molecule has 1 fully saturated rings. The van der Waals surface area contributed by atoms with Crippen LogP contribution in [0.1, 0.15) is 53.3 Å². The van der Waals surface area contributed by atoms with E-state index in [1.807, 2.05) is 0 Å². The fourth-order valence-electron chi connectivity index (χ4n) is 3.27. The van der Waals surface area contributed by atoms with Crippen LogP contribution in [0, 0.1) is 0 Å². The number of hydrogen-bond donors (Lipinski definition) is 1. The number of Topliss-reactive ketones (excluding diaryl/α,β-unsaturated/α-hetero) is 1. The van der Waals surface area contributed by atoms with Crippen LogP contribution in [-0.2, 0) is 6.61 Å². The third kappa shape index (κ3) is 4.95. The molecule has 2 heterocycles. The second kappa shape index (κ2) is 8.81. The summed E-state index contributed by atoms with van der Waals surface area (Å²) in [4.78, 5) is 25.9. The number of ether oxygens (including phenoxy) is 1. The van der Waals surface area contributed by atoms with Crippen molar-refractivity contribution < 1.29 is 18.8 Å². The monoisotopic (exact) mass is 371 g/mol. The molecule has 1 unspecified atom stereocenters. The summed E-state index contributed by atoms with van der Waals surface area (Å²) in [5.74, 6) is 0.848. The lowest BCUT2D eigenvalue weighted by molar-refractivity contribution is 0.0931. The highest BCUT2D eigenvalue weighted by atomic mass is 16.5. The SMILES string of the molecule is CCN1CCCC1CNC(=O)c1cc(COc2ccc(C(C)=O)cc2)on1. The molecule has 1 N–H and O–H groups in total. The maximum absolute atomic E-state index is 12.3. The third-order valence-corrected chi connectivity index (χ3v) is 4.84. The highest BCUT2D eigenvalue weighted by Gasteiger charge is 2.24. The Bertz CT molecular complexity index is 785. The van der Waals surface area contributed by atoms with Gasteiger partial charge in [-0.15, -0.1) is 0 Å². The molecule has 27 heavy (non-hydrogen) atoms. The van der Waals surface area contributed by atoms with Crippen LogP contribution in [-0.4, -0.2) is 47.4 Å². The van der Waals surface area contributed by atoms with E-state index in [1.165, 1.54) is 13.3 Å². The number of ketones is 1. The lowest BCUT2D eigenvalue weighted by Crippen LogP contribution is -2.40. The minimum atomic E-state index is -0.237. The Morgan fingerprint density at radius 2 is 2.11 bits per heavy atom. The number of hydrogen-bond acceptors (Lipinski definition) is 6. The van der Waals surface area contributed by atoms with E-state index >= 15 is 0 Å². The Labute approximate surface area is 158 Å². The molecule has 0 radical (unpaired) electrons. The molecule has 144 valence electrons. The summed E-state index contributed by atoms with van der Waals surface area (Å²) in [5.41, 5.74) is 0.881. The van der Waals surface area contributed by atoms with Gasteiger partial charge in [-0.1, -0.05) is 12.1 Å². The summed E-state index contributed by atoms with van der Waals surface area (Å²) in [5, 5.41) is 6.76. The Kier molecular flexibility index (Phi) is 6.24. The molecule has 1 aliphatic heterocycles. The first-order chi connectivity index (χ1) is 13.1. The summed E-state index contributed by atoms with van der Waals surface area (Å²) in [6.07, 6.45) is 2.28. The number of likely N-dealkylation sites (N-methyl/N-ethyl adjacent to an activating group) is 1. The van der Waals surface area contributed by atoms with Gasteiger partial charge in [0.25, 0.3) is 5.91 Å². The van der Waals surface area contributed by atoms with Crippen LogP contribution >= 0.6 is 0 Å². The molecule has 0 spiro atoms. The smallest absolute Gasteiger partial charge is 0.273 e. The minimum Gasteiger partial charge on any atom is -0.486 e. The van der Waals surface area contributed by atoms with E-state index in [0.29, 0.717) is 29.7 Å². The van der Waals surface area contributed by atoms with Crippen molar-refractivity contribution in [1.82, 2.24) is 15.4 Å². The largest absolute Gasteiger partial charge is 0.486 e. The Balaban J connectivity index is 1.48. The van der Waals surface area contributed by atoms with Crippen LogP contribution in [0.4, 0.5) is 0 Å². The topological polar surface area (TPSA) is 84.7 Å². The third-order valence-electron chi connectivity index (χ3n) is 4.84. The van der Waals surface area contributed by atoms with Crippen LogP contribution in [0.5, 0.6) is 5.75 Å². The molecular weight excluding hydrogens is 346 g/mol. The highest BCUT2D eigenvalue weighted by molar-refractivity contribution is 5.94. The number of carbonyl (C=O) groups is 2. The zero-order valence-electron chi connectivity index (χ0n) is 15.7. The Morgan fingerprint density at radius 3 is 2.81 bits per heavy atom. The van der Waals surface area contributed by atoms with Crippen molar-refractivity contribution in [2.24, 2.45) is 0 Å². The lowest BCUT2D eigenvalue weighted by Gasteiger charge is -2.22. The lowest BCUT2D eigenvalue weighted by atomic mass is 10.1. The van der Waals surface area contributed by atoms with Crippen molar-refractivity contribution in [1.29, 1.82) is 0 Å². The molecule has 3 rings (SSSR count). The van der Waals surface area contributed by atoms with Gasteiger partial charge in [0, 0.05) is 24.2 Å². The molecule has 1 aliphatic rings. The van der Waals surface area contributed by atoms with Crippen molar-refractivity contribution >= 4 is 11.7 Å². The summed E-state index contributed by atoms with van der Waals surface area (Å²) in [6.45, 7) is 6.52. The van der Waals surface area contributed by atoms with Gasteiger partial charge in [-0.3, -0.25) is 14.5 Å². The Morgan fingerprint density at radius 1 is 1.33 bits per heavy atom. The second-order valence-corrected chi connectivity index (χ2v) is 6.68. The Hall–Kier alpha value is -2.67. The minimum absolute atomic E-state index is 0.00657. The van der Waals surface area contributed by atoms with Crippen molar-refractivity contribution in [2.45, 2.75) is 39.3 Å². The molecule has 1 amide bonds. The maximum atomic E-state index is 12.3. The number of aromatic nitrogens is 1. The van der Waals surface area contributed by atoms with Crippen LogP contribution < -0.4 is 10.1 Å². The van der Waals surface area contributed by atoms with E-state index in [0.717, 1.165) is 19.5 Å². The first kappa shape index (κ1) is 19.1. The zero-order chi connectivity index (χ0) is 19.2. The van der Waals surface area contributed by atoms with Crippen LogP contribution in [0.2, 0.25) is 0 Å². The van der Waals surface area contributed by atoms with Crippen LogP contribution in [0.25, 0.3) is 0 Å². The first-order valence-corrected chi connectivity index (χ1v) is 9.28. The number of amides is 1. The highest BCUT2D eigenvalue weighted by Crippen LogP contribution is 2.17. The molecule has 2 aromatic rings. The summed E-state index contributed by atoms with van der Waals surface area (Å²) >= 11 is 0. The summed E-state index contributed by atoms with van der Waals surface area (Å²) in [6, 6.07) is 8.85. The van der Waals surface area contributed by atoms with Gasteiger partial charge in [0.1, 0.15) is 12.4 Å². The molecule has 0 bridgehead atoms. The molecule has 1 aromatic carbocycles. The van der Waals surface area contributed by atoms with Crippen molar-refractivity contribution in [3.8, 4) is 5.75 Å². The molecule has 1 aromatic heterocycles. The predicted molar refractivity (Wildman–Crippen MR) is 99.9 cm³/mol. The van der Waals surface area contributed by atoms with Crippen LogP contribution in [0.15, 0.2) is 34.9 Å².